The molecule has 0 aromatic rings. The first-order valence-corrected chi connectivity index (χ1v) is 7.93. The molecule has 1 saturated heterocycles. The minimum atomic E-state index is 0.117. The summed E-state index contributed by atoms with van der Waals surface area (Å²) in [5.41, 5.74) is 0. The normalized spacial score (nSPS) is 29.3. The Morgan fingerprint density at radius 3 is 2.60 bits per heavy atom. The van der Waals surface area contributed by atoms with E-state index >= 15 is 0 Å². The number of carbonyl (C=O) groups is 1. The summed E-state index contributed by atoms with van der Waals surface area (Å²) < 4.78 is 5.49. The van der Waals surface area contributed by atoms with E-state index in [2.05, 4.69) is 15.5 Å². The number of nitrogens with one attached hydrogen (secondary N) is 2. The summed E-state index contributed by atoms with van der Waals surface area (Å²) in [5, 5.41) is 6.49. The van der Waals surface area contributed by atoms with Gasteiger partial charge in [0.15, 0.2) is 0 Å². The molecule has 0 aromatic carbocycles. The highest BCUT2D eigenvalue weighted by Crippen LogP contribution is 2.22. The third kappa shape index (κ3) is 4.72. The van der Waals surface area contributed by atoms with E-state index < -0.39 is 0 Å². The molecule has 1 aliphatic carbocycles. The fourth-order valence-electron chi connectivity index (χ4n) is 3.38. The first-order valence-electron chi connectivity index (χ1n) is 7.93. The van der Waals surface area contributed by atoms with Crippen LogP contribution in [0.5, 0.6) is 0 Å². The van der Waals surface area contributed by atoms with Crippen LogP contribution in [0.1, 0.15) is 38.5 Å². The van der Waals surface area contributed by atoms with Gasteiger partial charge in [-0.25, -0.2) is 0 Å². The van der Waals surface area contributed by atoms with Gasteiger partial charge in [-0.2, -0.15) is 0 Å². The van der Waals surface area contributed by atoms with Crippen LogP contribution in [0.2, 0.25) is 0 Å². The average molecular weight is 283 g/mol. The Balaban J connectivity index is 1.67. The van der Waals surface area contributed by atoms with Gasteiger partial charge < -0.3 is 15.4 Å². The lowest BCUT2D eigenvalue weighted by atomic mass is 9.91. The summed E-state index contributed by atoms with van der Waals surface area (Å²) in [7, 11) is 3.52. The zero-order valence-electron chi connectivity index (χ0n) is 12.9. The van der Waals surface area contributed by atoms with E-state index in [4.69, 9.17) is 4.74 Å². The lowest BCUT2D eigenvalue weighted by Gasteiger charge is -2.36. The molecular weight excluding hydrogens is 254 g/mol. The van der Waals surface area contributed by atoms with Crippen molar-refractivity contribution in [3.63, 3.8) is 0 Å². The minimum absolute atomic E-state index is 0.117. The smallest absolute Gasteiger partial charge is 0.233 e. The summed E-state index contributed by atoms with van der Waals surface area (Å²) in [4.78, 5) is 13.6. The van der Waals surface area contributed by atoms with Crippen molar-refractivity contribution < 1.29 is 9.53 Å². The molecule has 0 bridgehead atoms. The first-order chi connectivity index (χ1) is 9.71. The standard InChI is InChI=1S/C15H29N3O2/c1-16-15(19)11-18-8-6-12(7-9-18)17-13-4-3-5-14(10-13)20-2/h12-14,17H,3-11H2,1-2H3,(H,16,19). The van der Waals surface area contributed by atoms with Gasteiger partial charge in [0.1, 0.15) is 0 Å². The number of likely N-dealkylation sites (N-methyl/N-ethyl adjacent to an activating group) is 1. The van der Waals surface area contributed by atoms with Crippen molar-refractivity contribution >= 4 is 5.91 Å². The molecule has 2 fully saturated rings. The zero-order chi connectivity index (χ0) is 14.4. The molecule has 0 spiro atoms. The third-order valence-electron chi connectivity index (χ3n) is 4.66. The Kier molecular flexibility index (Phi) is 6.26. The number of amides is 1. The molecule has 1 saturated carbocycles. The SMILES string of the molecule is CNC(=O)CN1CCC(NC2CCCC(OC)C2)CC1. The Morgan fingerprint density at radius 2 is 1.95 bits per heavy atom. The third-order valence-corrected chi connectivity index (χ3v) is 4.66. The number of piperidine rings is 1. The number of methoxy groups -OCH3 is 1. The highest BCUT2D eigenvalue weighted by Gasteiger charge is 2.26. The van der Waals surface area contributed by atoms with Gasteiger partial charge in [-0.3, -0.25) is 9.69 Å². The van der Waals surface area contributed by atoms with Gasteiger partial charge in [0.05, 0.1) is 12.6 Å². The van der Waals surface area contributed by atoms with Gasteiger partial charge in [0.25, 0.3) is 0 Å². The van der Waals surface area contributed by atoms with Crippen molar-refractivity contribution in [2.45, 2.75) is 56.7 Å². The number of ether oxygens (including phenoxy) is 1. The molecule has 116 valence electrons. The highest BCUT2D eigenvalue weighted by molar-refractivity contribution is 5.77. The lowest BCUT2D eigenvalue weighted by molar-refractivity contribution is -0.122. The van der Waals surface area contributed by atoms with Crippen LogP contribution in [0, 0.1) is 0 Å². The maximum atomic E-state index is 11.4. The first kappa shape index (κ1) is 15.7. The Morgan fingerprint density at radius 1 is 1.20 bits per heavy atom. The van der Waals surface area contributed by atoms with E-state index in [0.29, 0.717) is 24.7 Å². The minimum Gasteiger partial charge on any atom is -0.381 e. The van der Waals surface area contributed by atoms with Crippen LogP contribution in [-0.2, 0) is 9.53 Å². The van der Waals surface area contributed by atoms with Gasteiger partial charge >= 0.3 is 0 Å². The second-order valence-electron chi connectivity index (χ2n) is 6.11. The van der Waals surface area contributed by atoms with Crippen LogP contribution in [0.15, 0.2) is 0 Å². The van der Waals surface area contributed by atoms with Crippen LogP contribution in [0.4, 0.5) is 0 Å². The molecule has 0 aromatic heterocycles. The molecule has 1 amide bonds. The van der Waals surface area contributed by atoms with Gasteiger partial charge in [-0.1, -0.05) is 0 Å². The van der Waals surface area contributed by atoms with Crippen LogP contribution >= 0.6 is 0 Å². The molecule has 1 heterocycles. The van der Waals surface area contributed by atoms with Gasteiger partial charge in [0.2, 0.25) is 5.91 Å². The summed E-state index contributed by atoms with van der Waals surface area (Å²) in [5.74, 6) is 0.117. The number of rotatable bonds is 5. The van der Waals surface area contributed by atoms with E-state index in [1.54, 1.807) is 7.05 Å². The molecule has 2 rings (SSSR count). The monoisotopic (exact) mass is 283 g/mol. The van der Waals surface area contributed by atoms with E-state index in [0.717, 1.165) is 32.4 Å². The van der Waals surface area contributed by atoms with Gasteiger partial charge in [0, 0.05) is 39.3 Å². The number of hydrogen-bond acceptors (Lipinski definition) is 4. The number of carbonyl (C=O) groups excluding carboxylic acids is 1. The number of likely N-dealkylation sites (tertiary alicyclic amines) is 1. The Bertz CT molecular complexity index is 303. The molecule has 0 radical (unpaired) electrons. The number of nitrogens with zero attached hydrogens (tertiary/aromatic N) is 1. The van der Waals surface area contributed by atoms with Crippen LogP contribution in [0.25, 0.3) is 0 Å². The van der Waals surface area contributed by atoms with Gasteiger partial charge in [-0.15, -0.1) is 0 Å². The largest absolute Gasteiger partial charge is 0.381 e. The molecule has 2 unspecified atom stereocenters. The molecule has 5 heteroatoms. The number of hydrogen-bond donors (Lipinski definition) is 2. The lowest BCUT2D eigenvalue weighted by Crippen LogP contribution is -2.49. The molecule has 20 heavy (non-hydrogen) atoms. The maximum absolute atomic E-state index is 11.4. The fourth-order valence-corrected chi connectivity index (χ4v) is 3.38. The topological polar surface area (TPSA) is 53.6 Å². The molecular formula is C15H29N3O2. The van der Waals surface area contributed by atoms with E-state index in [9.17, 15) is 4.79 Å². The molecule has 2 aliphatic rings. The highest BCUT2D eigenvalue weighted by atomic mass is 16.5. The zero-order valence-corrected chi connectivity index (χ0v) is 12.9. The van der Waals surface area contributed by atoms with Crippen LogP contribution in [0.3, 0.4) is 0 Å². The van der Waals surface area contributed by atoms with E-state index in [1.807, 2.05) is 7.11 Å². The Labute approximate surface area is 122 Å². The summed E-state index contributed by atoms with van der Waals surface area (Å²) in [6.45, 7) is 2.58. The summed E-state index contributed by atoms with van der Waals surface area (Å²) in [6.07, 6.45) is 7.63. The second kappa shape index (κ2) is 7.96. The van der Waals surface area contributed by atoms with Crippen molar-refractivity contribution in [2.24, 2.45) is 0 Å². The van der Waals surface area contributed by atoms with E-state index in [-0.39, 0.29) is 5.91 Å². The second-order valence-corrected chi connectivity index (χ2v) is 6.11. The Hall–Kier alpha value is -0.650. The molecule has 1 aliphatic heterocycles. The average Bonchev–Trinajstić information content (AvgIpc) is 2.49. The molecule has 2 atom stereocenters. The maximum Gasteiger partial charge on any atom is 0.233 e. The van der Waals surface area contributed by atoms with Crippen molar-refractivity contribution in [3.05, 3.63) is 0 Å². The van der Waals surface area contributed by atoms with Crippen molar-refractivity contribution in [1.29, 1.82) is 0 Å². The van der Waals surface area contributed by atoms with E-state index in [1.165, 1.54) is 19.3 Å². The van der Waals surface area contributed by atoms with Gasteiger partial charge in [-0.05, 0) is 38.5 Å². The van der Waals surface area contributed by atoms with Crippen molar-refractivity contribution in [1.82, 2.24) is 15.5 Å². The predicted octanol–water partition coefficient (Wildman–Crippen LogP) is 0.744. The van der Waals surface area contributed by atoms with Crippen LogP contribution < -0.4 is 10.6 Å². The summed E-state index contributed by atoms with van der Waals surface area (Å²) >= 11 is 0. The van der Waals surface area contributed by atoms with Crippen molar-refractivity contribution in [2.75, 3.05) is 33.8 Å². The molecule has 2 N–H and O–H groups in total. The quantitative estimate of drug-likeness (QED) is 0.781. The fraction of sp³-hybridized carbons (Fsp3) is 0.933. The predicted molar refractivity (Wildman–Crippen MR) is 79.7 cm³/mol. The molecule has 5 nitrogen and oxygen atoms in total. The van der Waals surface area contributed by atoms with Crippen molar-refractivity contribution in [3.8, 4) is 0 Å². The summed E-state index contributed by atoms with van der Waals surface area (Å²) in [6, 6.07) is 1.22. The van der Waals surface area contributed by atoms with Crippen LogP contribution in [-0.4, -0.2) is 62.8 Å².